The summed E-state index contributed by atoms with van der Waals surface area (Å²) in [6, 6.07) is 6.14. The number of benzene rings is 1. The van der Waals surface area contributed by atoms with Gasteiger partial charge in [0.15, 0.2) is 0 Å². The van der Waals surface area contributed by atoms with E-state index in [1.165, 1.54) is 12.1 Å². The molecule has 1 saturated carbocycles. The van der Waals surface area contributed by atoms with Gasteiger partial charge in [-0.3, -0.25) is 14.4 Å². The number of imide groups is 1. The molecule has 0 spiro atoms. The molecule has 1 heterocycles. The van der Waals surface area contributed by atoms with Crippen molar-refractivity contribution in [2.24, 2.45) is 11.1 Å². The number of carbonyl (C=O) groups excluding carboxylic acids is 4. The van der Waals surface area contributed by atoms with Crippen molar-refractivity contribution in [2.45, 2.75) is 19.3 Å². The number of nitrogens with two attached hydrogens (primary N) is 1. The zero-order chi connectivity index (χ0) is 15.2. The lowest BCUT2D eigenvalue weighted by atomic mass is 9.68. The van der Waals surface area contributed by atoms with E-state index in [2.05, 4.69) is 0 Å². The van der Waals surface area contributed by atoms with Crippen molar-refractivity contribution in [2.75, 3.05) is 0 Å². The van der Waals surface area contributed by atoms with Gasteiger partial charge in [0.25, 0.3) is 11.8 Å². The molecule has 0 atom stereocenters. The average molecular weight is 288 g/mol. The Bertz CT molecular complexity index is 643. The first-order chi connectivity index (χ1) is 9.97. The van der Waals surface area contributed by atoms with Crippen LogP contribution in [0, 0.1) is 5.41 Å². The number of fused-ring (bicyclic) bond motifs is 1. The summed E-state index contributed by atoms with van der Waals surface area (Å²) < 4.78 is 0. The van der Waals surface area contributed by atoms with Crippen molar-refractivity contribution in [3.05, 3.63) is 35.4 Å². The number of hydrogen-bond acceptors (Lipinski definition) is 5. The van der Waals surface area contributed by atoms with Gasteiger partial charge in [0.1, 0.15) is 5.41 Å². The summed E-state index contributed by atoms with van der Waals surface area (Å²) in [5, 5.41) is 0.399. The monoisotopic (exact) mass is 288 g/mol. The first-order valence-electron chi connectivity index (χ1n) is 6.47. The molecule has 0 unspecified atom stereocenters. The molecule has 1 aromatic carbocycles. The molecule has 1 aliphatic carbocycles. The third kappa shape index (κ3) is 1.74. The standard InChI is InChI=1S/C14H12N2O5/c15-12(19)14(6-3-7-14)13(20)21-16-10(17)8-4-1-2-5-9(8)11(16)18/h1-2,4-5H,3,6-7H2,(H2,15,19). The Kier molecular flexibility index (Phi) is 2.79. The topological polar surface area (TPSA) is 107 Å². The number of carbonyl (C=O) groups is 4. The Morgan fingerprint density at radius 2 is 1.62 bits per heavy atom. The van der Waals surface area contributed by atoms with Crippen molar-refractivity contribution >= 4 is 23.7 Å². The molecule has 1 aliphatic heterocycles. The van der Waals surface area contributed by atoms with Crippen molar-refractivity contribution < 1.29 is 24.0 Å². The number of hydrogen-bond donors (Lipinski definition) is 1. The molecule has 0 saturated heterocycles. The van der Waals surface area contributed by atoms with Gasteiger partial charge in [0.05, 0.1) is 11.1 Å². The number of hydroxylamine groups is 2. The Hall–Kier alpha value is -2.70. The summed E-state index contributed by atoms with van der Waals surface area (Å²) in [4.78, 5) is 52.5. The second kappa shape index (κ2) is 4.41. The first-order valence-corrected chi connectivity index (χ1v) is 6.47. The van der Waals surface area contributed by atoms with Gasteiger partial charge in [-0.25, -0.2) is 4.79 Å². The fraction of sp³-hybridized carbons (Fsp3) is 0.286. The van der Waals surface area contributed by atoms with Crippen molar-refractivity contribution in [3.8, 4) is 0 Å². The van der Waals surface area contributed by atoms with E-state index in [9.17, 15) is 19.2 Å². The highest BCUT2D eigenvalue weighted by molar-refractivity contribution is 6.21. The first kappa shape index (κ1) is 13.3. The molecule has 2 N–H and O–H groups in total. The van der Waals surface area contributed by atoms with Crippen LogP contribution in [0.15, 0.2) is 24.3 Å². The molecule has 0 bridgehead atoms. The summed E-state index contributed by atoms with van der Waals surface area (Å²) >= 11 is 0. The van der Waals surface area contributed by atoms with Crippen molar-refractivity contribution in [1.82, 2.24) is 5.06 Å². The largest absolute Gasteiger partial charge is 0.369 e. The van der Waals surface area contributed by atoms with Crippen LogP contribution >= 0.6 is 0 Å². The quantitative estimate of drug-likeness (QED) is 0.639. The van der Waals surface area contributed by atoms with E-state index >= 15 is 0 Å². The molecule has 7 heteroatoms. The van der Waals surface area contributed by atoms with Gasteiger partial charge in [0, 0.05) is 0 Å². The third-order valence-electron chi connectivity index (χ3n) is 4.00. The third-order valence-corrected chi connectivity index (χ3v) is 4.00. The lowest BCUT2D eigenvalue weighted by Gasteiger charge is -2.36. The molecule has 0 radical (unpaired) electrons. The maximum Gasteiger partial charge on any atom is 0.348 e. The number of rotatable bonds is 3. The molecule has 2 aliphatic rings. The van der Waals surface area contributed by atoms with Crippen LogP contribution in [0.2, 0.25) is 0 Å². The van der Waals surface area contributed by atoms with Crippen molar-refractivity contribution in [3.63, 3.8) is 0 Å². The van der Waals surface area contributed by atoms with Gasteiger partial charge in [-0.1, -0.05) is 23.6 Å². The van der Waals surface area contributed by atoms with Crippen LogP contribution in [0.1, 0.15) is 40.0 Å². The second-order valence-corrected chi connectivity index (χ2v) is 5.13. The Morgan fingerprint density at radius 3 is 2.00 bits per heavy atom. The summed E-state index contributed by atoms with van der Waals surface area (Å²) in [6.07, 6.45) is 1.20. The zero-order valence-electron chi connectivity index (χ0n) is 11.0. The minimum atomic E-state index is -1.42. The molecule has 1 aromatic rings. The van der Waals surface area contributed by atoms with Gasteiger partial charge < -0.3 is 10.6 Å². The van der Waals surface area contributed by atoms with Crippen LogP contribution < -0.4 is 5.73 Å². The Balaban J connectivity index is 1.84. The smallest absolute Gasteiger partial charge is 0.348 e. The number of nitrogens with zero attached hydrogens (tertiary/aromatic N) is 1. The predicted octanol–water partition coefficient (Wildman–Crippen LogP) is 0.396. The molecule has 108 valence electrons. The van der Waals surface area contributed by atoms with E-state index in [1.807, 2.05) is 0 Å². The highest BCUT2D eigenvalue weighted by atomic mass is 16.7. The van der Waals surface area contributed by atoms with Crippen LogP contribution in [0.25, 0.3) is 0 Å². The summed E-state index contributed by atoms with van der Waals surface area (Å²) in [5.74, 6) is -3.18. The highest BCUT2D eigenvalue weighted by Gasteiger charge is 2.53. The number of primary amides is 1. The second-order valence-electron chi connectivity index (χ2n) is 5.13. The SMILES string of the molecule is NC(=O)C1(C(=O)ON2C(=O)c3ccccc3C2=O)CCC1. The summed E-state index contributed by atoms with van der Waals surface area (Å²) in [6.45, 7) is 0. The number of amides is 3. The molecule has 1 fully saturated rings. The van der Waals surface area contributed by atoms with Crippen LogP contribution in [-0.2, 0) is 14.4 Å². The zero-order valence-corrected chi connectivity index (χ0v) is 11.0. The van der Waals surface area contributed by atoms with Crippen LogP contribution in [0.4, 0.5) is 0 Å². The van der Waals surface area contributed by atoms with E-state index < -0.39 is 29.1 Å². The summed E-state index contributed by atoms with van der Waals surface area (Å²) in [5.41, 5.74) is 4.14. The van der Waals surface area contributed by atoms with Gasteiger partial charge in [-0.15, -0.1) is 0 Å². The summed E-state index contributed by atoms with van der Waals surface area (Å²) in [7, 11) is 0. The highest BCUT2D eigenvalue weighted by Crippen LogP contribution is 2.42. The van der Waals surface area contributed by atoms with E-state index in [4.69, 9.17) is 10.6 Å². The van der Waals surface area contributed by atoms with E-state index in [0.717, 1.165) is 0 Å². The lowest BCUT2D eigenvalue weighted by molar-refractivity contribution is -0.188. The van der Waals surface area contributed by atoms with Crippen LogP contribution in [0.3, 0.4) is 0 Å². The molecule has 7 nitrogen and oxygen atoms in total. The van der Waals surface area contributed by atoms with E-state index in [-0.39, 0.29) is 24.0 Å². The maximum atomic E-state index is 12.1. The van der Waals surface area contributed by atoms with E-state index in [1.54, 1.807) is 12.1 Å². The van der Waals surface area contributed by atoms with E-state index in [0.29, 0.717) is 11.5 Å². The Morgan fingerprint density at radius 1 is 1.10 bits per heavy atom. The van der Waals surface area contributed by atoms with Gasteiger partial charge >= 0.3 is 5.97 Å². The van der Waals surface area contributed by atoms with Gasteiger partial charge in [0.2, 0.25) is 5.91 Å². The molecular weight excluding hydrogens is 276 g/mol. The normalized spacial score (nSPS) is 19.0. The van der Waals surface area contributed by atoms with Gasteiger partial charge in [-0.05, 0) is 25.0 Å². The fourth-order valence-corrected chi connectivity index (χ4v) is 2.50. The van der Waals surface area contributed by atoms with Crippen LogP contribution in [0.5, 0.6) is 0 Å². The lowest BCUT2D eigenvalue weighted by Crippen LogP contribution is -2.52. The maximum absolute atomic E-state index is 12.1. The fourth-order valence-electron chi connectivity index (χ4n) is 2.50. The molecule has 3 rings (SSSR count). The minimum Gasteiger partial charge on any atom is -0.369 e. The average Bonchev–Trinajstić information content (AvgIpc) is 2.63. The van der Waals surface area contributed by atoms with Gasteiger partial charge in [-0.2, -0.15) is 0 Å². The van der Waals surface area contributed by atoms with Crippen LogP contribution in [-0.4, -0.2) is 28.8 Å². The molecule has 3 amide bonds. The molecular formula is C14H12N2O5. The Labute approximate surface area is 119 Å². The molecule has 0 aromatic heterocycles. The van der Waals surface area contributed by atoms with Crippen molar-refractivity contribution in [1.29, 1.82) is 0 Å². The minimum absolute atomic E-state index is 0.164. The predicted molar refractivity (Wildman–Crippen MR) is 68.5 cm³/mol. The molecule has 21 heavy (non-hydrogen) atoms.